The molecule has 0 aliphatic carbocycles. The van der Waals surface area contributed by atoms with Crippen LogP contribution >= 0.6 is 11.8 Å². The number of nitrogen functional groups attached to an aromatic ring is 1. The van der Waals surface area contributed by atoms with E-state index in [1.807, 2.05) is 26.8 Å². The molecule has 0 saturated heterocycles. The van der Waals surface area contributed by atoms with Crippen LogP contribution in [0.1, 0.15) is 32.2 Å². The SMILES string of the molecule is CC(C)(C)c1nnc(SCc2cccc(F)c2)n1N. The Morgan fingerprint density at radius 2 is 2.05 bits per heavy atom. The molecule has 2 aromatic rings. The zero-order valence-electron chi connectivity index (χ0n) is 11.2. The van der Waals surface area contributed by atoms with E-state index in [2.05, 4.69) is 10.2 Å². The fraction of sp³-hybridized carbons (Fsp3) is 0.385. The third-order valence-corrected chi connectivity index (χ3v) is 3.61. The van der Waals surface area contributed by atoms with E-state index in [1.54, 1.807) is 6.07 Å². The molecule has 0 atom stereocenters. The van der Waals surface area contributed by atoms with E-state index in [1.165, 1.54) is 28.6 Å². The lowest BCUT2D eigenvalue weighted by molar-refractivity contribution is 0.523. The molecule has 2 rings (SSSR count). The van der Waals surface area contributed by atoms with Crippen molar-refractivity contribution in [2.45, 2.75) is 37.1 Å². The average molecular weight is 280 g/mol. The monoisotopic (exact) mass is 280 g/mol. The Bertz CT molecular complexity index is 574. The molecule has 4 nitrogen and oxygen atoms in total. The van der Waals surface area contributed by atoms with Gasteiger partial charge in [0.05, 0.1) is 0 Å². The van der Waals surface area contributed by atoms with E-state index < -0.39 is 0 Å². The van der Waals surface area contributed by atoms with Gasteiger partial charge in [-0.05, 0) is 17.7 Å². The molecule has 1 aromatic heterocycles. The van der Waals surface area contributed by atoms with Gasteiger partial charge in [-0.1, -0.05) is 44.7 Å². The van der Waals surface area contributed by atoms with E-state index in [9.17, 15) is 4.39 Å². The fourth-order valence-electron chi connectivity index (χ4n) is 1.66. The Balaban J connectivity index is 2.11. The van der Waals surface area contributed by atoms with Crippen molar-refractivity contribution in [1.29, 1.82) is 0 Å². The van der Waals surface area contributed by atoms with Crippen LogP contribution in [-0.2, 0) is 11.2 Å². The summed E-state index contributed by atoms with van der Waals surface area (Å²) in [5.74, 6) is 7.09. The van der Waals surface area contributed by atoms with Gasteiger partial charge in [0.25, 0.3) is 0 Å². The molecule has 0 amide bonds. The van der Waals surface area contributed by atoms with Gasteiger partial charge in [-0.3, -0.25) is 0 Å². The zero-order valence-corrected chi connectivity index (χ0v) is 12.0. The minimum Gasteiger partial charge on any atom is -0.336 e. The van der Waals surface area contributed by atoms with Crippen molar-refractivity contribution in [3.05, 3.63) is 41.5 Å². The molecule has 0 aliphatic heterocycles. The minimum atomic E-state index is -0.234. The molecule has 6 heteroatoms. The van der Waals surface area contributed by atoms with Gasteiger partial charge in [-0.15, -0.1) is 10.2 Å². The molecular formula is C13H17FN4S. The maximum Gasteiger partial charge on any atom is 0.210 e. The topological polar surface area (TPSA) is 56.7 Å². The summed E-state index contributed by atoms with van der Waals surface area (Å²) < 4.78 is 14.6. The molecule has 1 heterocycles. The Kier molecular flexibility index (Phi) is 3.80. The van der Waals surface area contributed by atoms with Gasteiger partial charge >= 0.3 is 0 Å². The van der Waals surface area contributed by atoms with Gasteiger partial charge in [-0.25, -0.2) is 9.07 Å². The number of hydrogen-bond acceptors (Lipinski definition) is 4. The highest BCUT2D eigenvalue weighted by Crippen LogP contribution is 2.25. The smallest absolute Gasteiger partial charge is 0.210 e. The Morgan fingerprint density at radius 1 is 1.32 bits per heavy atom. The summed E-state index contributed by atoms with van der Waals surface area (Å²) in [7, 11) is 0. The number of halogens is 1. The number of benzene rings is 1. The summed E-state index contributed by atoms with van der Waals surface area (Å²) in [6.45, 7) is 6.09. The maximum atomic E-state index is 13.1. The highest BCUT2D eigenvalue weighted by atomic mass is 32.2. The highest BCUT2D eigenvalue weighted by molar-refractivity contribution is 7.98. The summed E-state index contributed by atoms with van der Waals surface area (Å²) >= 11 is 1.44. The number of rotatable bonds is 3. The number of nitrogens with two attached hydrogens (primary N) is 1. The summed E-state index contributed by atoms with van der Waals surface area (Å²) in [5, 5.41) is 8.82. The van der Waals surface area contributed by atoms with Crippen LogP contribution < -0.4 is 5.84 Å². The lowest BCUT2D eigenvalue weighted by Gasteiger charge is -2.16. The maximum absolute atomic E-state index is 13.1. The Hall–Kier alpha value is -1.56. The first kappa shape index (κ1) is 13.9. The summed E-state index contributed by atoms with van der Waals surface area (Å²) in [5.41, 5.74) is 0.740. The van der Waals surface area contributed by atoms with Crippen molar-refractivity contribution in [3.8, 4) is 0 Å². The van der Waals surface area contributed by atoms with Gasteiger partial charge in [0.1, 0.15) is 5.82 Å². The van der Waals surface area contributed by atoms with E-state index in [0.717, 1.165) is 11.4 Å². The lowest BCUT2D eigenvalue weighted by Crippen LogP contribution is -2.24. The minimum absolute atomic E-state index is 0.153. The van der Waals surface area contributed by atoms with Crippen LogP contribution in [-0.4, -0.2) is 14.9 Å². The van der Waals surface area contributed by atoms with Crippen molar-refractivity contribution in [1.82, 2.24) is 14.9 Å². The third-order valence-electron chi connectivity index (χ3n) is 2.59. The summed E-state index contributed by atoms with van der Waals surface area (Å²) in [6.07, 6.45) is 0. The van der Waals surface area contributed by atoms with E-state index in [0.29, 0.717) is 10.9 Å². The van der Waals surface area contributed by atoms with E-state index >= 15 is 0 Å². The molecule has 2 N–H and O–H groups in total. The third kappa shape index (κ3) is 3.26. The lowest BCUT2D eigenvalue weighted by atomic mass is 9.96. The second-order valence-electron chi connectivity index (χ2n) is 5.34. The van der Waals surface area contributed by atoms with Crippen molar-refractivity contribution in [3.63, 3.8) is 0 Å². The zero-order chi connectivity index (χ0) is 14.0. The van der Waals surface area contributed by atoms with Crippen molar-refractivity contribution in [2.75, 3.05) is 5.84 Å². The second-order valence-corrected chi connectivity index (χ2v) is 6.29. The summed E-state index contributed by atoms with van der Waals surface area (Å²) in [4.78, 5) is 0. The van der Waals surface area contributed by atoms with Gasteiger partial charge < -0.3 is 5.84 Å². The van der Waals surface area contributed by atoms with Crippen LogP contribution in [0.5, 0.6) is 0 Å². The van der Waals surface area contributed by atoms with Gasteiger partial charge in [0, 0.05) is 11.2 Å². The van der Waals surface area contributed by atoms with Gasteiger partial charge in [-0.2, -0.15) is 0 Å². The molecular weight excluding hydrogens is 263 g/mol. The first-order chi connectivity index (χ1) is 8.88. The number of hydrogen-bond donors (Lipinski definition) is 1. The van der Waals surface area contributed by atoms with Crippen LogP contribution in [0.4, 0.5) is 4.39 Å². The van der Waals surface area contributed by atoms with Crippen LogP contribution in [0, 0.1) is 5.82 Å². The van der Waals surface area contributed by atoms with Crippen LogP contribution in [0.25, 0.3) is 0 Å². The van der Waals surface area contributed by atoms with Crippen LogP contribution in [0.2, 0.25) is 0 Å². The predicted molar refractivity (Wildman–Crippen MR) is 74.8 cm³/mol. The van der Waals surface area contributed by atoms with E-state index in [-0.39, 0.29) is 11.2 Å². The largest absolute Gasteiger partial charge is 0.336 e. The first-order valence-electron chi connectivity index (χ1n) is 5.96. The molecule has 1 aromatic carbocycles. The molecule has 0 bridgehead atoms. The van der Waals surface area contributed by atoms with Crippen molar-refractivity contribution >= 4 is 11.8 Å². The first-order valence-corrected chi connectivity index (χ1v) is 6.94. The molecule has 0 unspecified atom stereocenters. The molecule has 0 aliphatic rings. The molecule has 0 radical (unpaired) electrons. The van der Waals surface area contributed by atoms with Gasteiger partial charge in [0.15, 0.2) is 5.82 Å². The number of nitrogens with zero attached hydrogens (tertiary/aromatic N) is 3. The molecule has 102 valence electrons. The highest BCUT2D eigenvalue weighted by Gasteiger charge is 2.22. The molecule has 0 saturated carbocycles. The molecule has 0 spiro atoms. The number of aromatic nitrogens is 3. The Labute approximate surface area is 116 Å². The second kappa shape index (κ2) is 5.21. The normalized spacial score (nSPS) is 11.8. The van der Waals surface area contributed by atoms with E-state index in [4.69, 9.17) is 5.84 Å². The van der Waals surface area contributed by atoms with Crippen molar-refractivity contribution in [2.24, 2.45) is 0 Å². The predicted octanol–water partition coefficient (Wildman–Crippen LogP) is 2.72. The summed E-state index contributed by atoms with van der Waals surface area (Å²) in [6, 6.07) is 6.50. The van der Waals surface area contributed by atoms with Crippen LogP contribution in [0.15, 0.2) is 29.4 Å². The quantitative estimate of drug-likeness (QED) is 0.694. The average Bonchev–Trinajstić information content (AvgIpc) is 2.68. The molecule has 0 fully saturated rings. The van der Waals surface area contributed by atoms with Crippen LogP contribution in [0.3, 0.4) is 0 Å². The standard InChI is InChI=1S/C13H17FN4S/c1-13(2,3)11-16-17-12(18(11)15)19-8-9-5-4-6-10(14)7-9/h4-7H,8,15H2,1-3H3. The molecule has 19 heavy (non-hydrogen) atoms. The van der Waals surface area contributed by atoms with Crippen molar-refractivity contribution < 1.29 is 4.39 Å². The Morgan fingerprint density at radius 3 is 2.63 bits per heavy atom. The fourth-order valence-corrected chi connectivity index (χ4v) is 2.46. The van der Waals surface area contributed by atoms with Gasteiger partial charge in [0.2, 0.25) is 5.16 Å². The number of thioether (sulfide) groups is 1.